The normalized spacial score (nSPS) is 11.7. The highest BCUT2D eigenvalue weighted by Crippen LogP contribution is 2.16. The lowest BCUT2D eigenvalue weighted by Crippen LogP contribution is -2.30. The van der Waals surface area contributed by atoms with Crippen LogP contribution in [-0.2, 0) is 21.4 Å². The Morgan fingerprint density at radius 2 is 1.74 bits per heavy atom. The van der Waals surface area contributed by atoms with Gasteiger partial charge in [0.05, 0.1) is 4.90 Å². The van der Waals surface area contributed by atoms with Gasteiger partial charge in [0.15, 0.2) is 0 Å². The third kappa shape index (κ3) is 5.93. The molecule has 2 N–H and O–H groups in total. The third-order valence-corrected chi connectivity index (χ3v) is 5.65. The fraction of sp³-hybridized carbons (Fsp3) is 0.562. The van der Waals surface area contributed by atoms with Crippen molar-refractivity contribution >= 4 is 15.9 Å². The van der Waals surface area contributed by atoms with Crippen molar-refractivity contribution in [3.05, 3.63) is 29.8 Å². The second kappa shape index (κ2) is 9.64. The molecule has 0 saturated heterocycles. The molecule has 0 heterocycles. The van der Waals surface area contributed by atoms with Gasteiger partial charge in [-0.2, -0.15) is 4.31 Å². The molecule has 1 amide bonds. The summed E-state index contributed by atoms with van der Waals surface area (Å²) in [5, 5.41) is 5.83. The Morgan fingerprint density at radius 3 is 2.26 bits per heavy atom. The number of amides is 1. The molecule has 1 aromatic rings. The lowest BCUT2D eigenvalue weighted by Gasteiger charge is -2.18. The first-order valence-electron chi connectivity index (χ1n) is 7.96. The fourth-order valence-corrected chi connectivity index (χ4v) is 3.66. The summed E-state index contributed by atoms with van der Waals surface area (Å²) in [4.78, 5) is 11.9. The standard InChI is InChI=1S/C16H27N3O3S/c1-4-19(5-2)23(21,22)15-10-8-14(9-11-15)13-18-16(20)7-6-12-17-3/h8-11,17H,4-7,12-13H2,1-3H3,(H,18,20). The van der Waals surface area contributed by atoms with Crippen LogP contribution in [0, 0.1) is 0 Å². The lowest BCUT2D eigenvalue weighted by atomic mass is 10.2. The monoisotopic (exact) mass is 341 g/mol. The predicted molar refractivity (Wildman–Crippen MR) is 91.6 cm³/mol. The highest BCUT2D eigenvalue weighted by Gasteiger charge is 2.21. The van der Waals surface area contributed by atoms with E-state index in [0.717, 1.165) is 18.5 Å². The van der Waals surface area contributed by atoms with E-state index in [2.05, 4.69) is 10.6 Å². The molecule has 0 atom stereocenters. The first kappa shape index (κ1) is 19.6. The number of nitrogens with one attached hydrogen (secondary N) is 2. The molecular formula is C16H27N3O3S. The smallest absolute Gasteiger partial charge is 0.243 e. The maximum Gasteiger partial charge on any atom is 0.243 e. The first-order chi connectivity index (χ1) is 11.0. The van der Waals surface area contributed by atoms with E-state index in [0.29, 0.717) is 26.1 Å². The van der Waals surface area contributed by atoms with Gasteiger partial charge in [0.2, 0.25) is 15.9 Å². The minimum absolute atomic E-state index is 0.0000826. The van der Waals surface area contributed by atoms with Crippen molar-refractivity contribution in [2.45, 2.75) is 38.1 Å². The van der Waals surface area contributed by atoms with E-state index in [1.165, 1.54) is 4.31 Å². The zero-order valence-electron chi connectivity index (χ0n) is 14.1. The van der Waals surface area contributed by atoms with Crippen molar-refractivity contribution in [1.29, 1.82) is 0 Å². The molecule has 0 saturated carbocycles. The Labute approximate surface area is 139 Å². The van der Waals surface area contributed by atoms with Crippen molar-refractivity contribution in [1.82, 2.24) is 14.9 Å². The fourth-order valence-electron chi connectivity index (χ4n) is 2.21. The Balaban J connectivity index is 2.62. The molecule has 0 aliphatic rings. The Bertz CT molecular complexity index is 581. The molecule has 130 valence electrons. The number of sulfonamides is 1. The molecule has 0 fully saturated rings. The van der Waals surface area contributed by atoms with Crippen LogP contribution in [0.25, 0.3) is 0 Å². The Morgan fingerprint density at radius 1 is 1.13 bits per heavy atom. The zero-order valence-corrected chi connectivity index (χ0v) is 14.9. The van der Waals surface area contributed by atoms with Crippen LogP contribution in [0.4, 0.5) is 0 Å². The summed E-state index contributed by atoms with van der Waals surface area (Å²) in [6.07, 6.45) is 1.28. The number of carbonyl (C=O) groups is 1. The Kier molecular flexibility index (Phi) is 8.22. The van der Waals surface area contributed by atoms with Gasteiger partial charge in [0.1, 0.15) is 0 Å². The van der Waals surface area contributed by atoms with E-state index in [-0.39, 0.29) is 10.8 Å². The molecule has 1 rings (SSSR count). The molecule has 0 bridgehead atoms. The molecule has 23 heavy (non-hydrogen) atoms. The van der Waals surface area contributed by atoms with Crippen LogP contribution in [0.15, 0.2) is 29.2 Å². The molecule has 1 aromatic carbocycles. The number of nitrogens with zero attached hydrogens (tertiary/aromatic N) is 1. The van der Waals surface area contributed by atoms with E-state index in [4.69, 9.17) is 0 Å². The van der Waals surface area contributed by atoms with Gasteiger partial charge in [-0.1, -0.05) is 26.0 Å². The van der Waals surface area contributed by atoms with E-state index in [1.807, 2.05) is 20.9 Å². The number of hydrogen-bond acceptors (Lipinski definition) is 4. The van der Waals surface area contributed by atoms with Crippen molar-refractivity contribution in [2.24, 2.45) is 0 Å². The van der Waals surface area contributed by atoms with E-state index >= 15 is 0 Å². The topological polar surface area (TPSA) is 78.5 Å². The van der Waals surface area contributed by atoms with Gasteiger partial charge in [-0.05, 0) is 37.7 Å². The number of benzene rings is 1. The Hall–Kier alpha value is -1.44. The first-order valence-corrected chi connectivity index (χ1v) is 9.40. The van der Waals surface area contributed by atoms with E-state index in [1.54, 1.807) is 24.3 Å². The average molecular weight is 341 g/mol. The lowest BCUT2D eigenvalue weighted by molar-refractivity contribution is -0.121. The summed E-state index contributed by atoms with van der Waals surface area (Å²) in [5.74, 6) is 0.0000826. The van der Waals surface area contributed by atoms with Crippen molar-refractivity contribution in [2.75, 3.05) is 26.7 Å². The summed E-state index contributed by atoms with van der Waals surface area (Å²) in [5.41, 5.74) is 0.880. The van der Waals surface area contributed by atoms with Crippen molar-refractivity contribution < 1.29 is 13.2 Å². The summed E-state index contributed by atoms with van der Waals surface area (Å²) in [7, 11) is -1.57. The molecule has 0 aliphatic heterocycles. The van der Waals surface area contributed by atoms with Crippen LogP contribution in [0.5, 0.6) is 0 Å². The van der Waals surface area contributed by atoms with Crippen molar-refractivity contribution in [3.63, 3.8) is 0 Å². The number of hydrogen-bond donors (Lipinski definition) is 2. The van der Waals surface area contributed by atoms with Gasteiger partial charge >= 0.3 is 0 Å². The average Bonchev–Trinajstić information content (AvgIpc) is 2.54. The van der Waals surface area contributed by atoms with Gasteiger partial charge in [0, 0.05) is 26.1 Å². The predicted octanol–water partition coefficient (Wildman–Crippen LogP) is 1.33. The van der Waals surface area contributed by atoms with E-state index < -0.39 is 10.0 Å². The third-order valence-electron chi connectivity index (χ3n) is 3.59. The largest absolute Gasteiger partial charge is 0.352 e. The highest BCUT2D eigenvalue weighted by atomic mass is 32.2. The highest BCUT2D eigenvalue weighted by molar-refractivity contribution is 7.89. The van der Waals surface area contributed by atoms with Crippen LogP contribution in [0.3, 0.4) is 0 Å². The number of rotatable bonds is 10. The molecule has 0 unspecified atom stereocenters. The van der Waals surface area contributed by atoms with Crippen molar-refractivity contribution in [3.8, 4) is 0 Å². The maximum absolute atomic E-state index is 12.4. The molecule has 6 nitrogen and oxygen atoms in total. The summed E-state index contributed by atoms with van der Waals surface area (Å²) in [6.45, 7) is 5.75. The second-order valence-corrected chi connectivity index (χ2v) is 7.16. The zero-order chi connectivity index (χ0) is 17.3. The molecular weight excluding hydrogens is 314 g/mol. The molecule has 0 radical (unpaired) electrons. The molecule has 7 heteroatoms. The molecule has 0 aliphatic carbocycles. The van der Waals surface area contributed by atoms with Crippen LogP contribution in [-0.4, -0.2) is 45.3 Å². The van der Waals surface area contributed by atoms with Crippen LogP contribution >= 0.6 is 0 Å². The van der Waals surface area contributed by atoms with Crippen LogP contribution < -0.4 is 10.6 Å². The summed E-state index contributed by atoms with van der Waals surface area (Å²) >= 11 is 0. The van der Waals surface area contributed by atoms with Gasteiger partial charge in [0.25, 0.3) is 0 Å². The van der Waals surface area contributed by atoms with Gasteiger partial charge < -0.3 is 10.6 Å². The SMILES string of the molecule is CCN(CC)S(=O)(=O)c1ccc(CNC(=O)CCCNC)cc1. The summed E-state index contributed by atoms with van der Waals surface area (Å²) in [6, 6.07) is 6.67. The van der Waals surface area contributed by atoms with Gasteiger partial charge in [-0.25, -0.2) is 8.42 Å². The van der Waals surface area contributed by atoms with Crippen LogP contribution in [0.2, 0.25) is 0 Å². The van der Waals surface area contributed by atoms with Gasteiger partial charge in [-0.15, -0.1) is 0 Å². The molecule has 0 spiro atoms. The van der Waals surface area contributed by atoms with Crippen LogP contribution in [0.1, 0.15) is 32.3 Å². The second-order valence-electron chi connectivity index (χ2n) is 5.22. The van der Waals surface area contributed by atoms with Gasteiger partial charge in [-0.3, -0.25) is 4.79 Å². The number of carbonyl (C=O) groups excluding carboxylic acids is 1. The maximum atomic E-state index is 12.4. The minimum atomic E-state index is -3.43. The molecule has 0 aromatic heterocycles. The van der Waals surface area contributed by atoms with E-state index in [9.17, 15) is 13.2 Å². The minimum Gasteiger partial charge on any atom is -0.352 e. The quantitative estimate of drug-likeness (QED) is 0.630. The summed E-state index contributed by atoms with van der Waals surface area (Å²) < 4.78 is 26.2.